The molecule has 5 saturated carbocycles. The van der Waals surface area contributed by atoms with E-state index in [0.717, 1.165) is 18.8 Å². The zero-order valence-electron chi connectivity index (χ0n) is 28.4. The fraction of sp³-hybridized carbons (Fsp3) is 0.769. The smallest absolute Gasteiger partial charge is 0.331 e. The third-order valence-electron chi connectivity index (χ3n) is 15.4. The Bertz CT molecular complexity index is 1300. The molecule has 10 atom stereocenters. The summed E-state index contributed by atoms with van der Waals surface area (Å²) < 4.78 is 6.19. The molecule has 5 heteroatoms. The summed E-state index contributed by atoms with van der Waals surface area (Å²) in [6.07, 6.45) is 14.9. The highest BCUT2D eigenvalue weighted by Crippen LogP contribution is 2.77. The number of aliphatic hydroxyl groups excluding tert-OH is 1. The van der Waals surface area contributed by atoms with Crippen LogP contribution in [0.1, 0.15) is 118 Å². The van der Waals surface area contributed by atoms with Crippen molar-refractivity contribution < 1.29 is 24.9 Å². The van der Waals surface area contributed by atoms with E-state index in [1.807, 2.05) is 0 Å². The van der Waals surface area contributed by atoms with Crippen molar-refractivity contribution in [1.29, 1.82) is 0 Å². The van der Waals surface area contributed by atoms with E-state index in [0.29, 0.717) is 47.2 Å². The quantitative estimate of drug-likeness (QED) is 0.177. The highest BCUT2D eigenvalue weighted by atomic mass is 16.5. The van der Waals surface area contributed by atoms with Gasteiger partial charge in [-0.3, -0.25) is 0 Å². The minimum absolute atomic E-state index is 0.126. The Hall–Kier alpha value is -2.01. The van der Waals surface area contributed by atoms with Crippen LogP contribution in [0.25, 0.3) is 6.08 Å². The van der Waals surface area contributed by atoms with E-state index < -0.39 is 0 Å². The molecule has 0 radical (unpaired) electrons. The molecule has 5 nitrogen and oxygen atoms in total. The molecule has 244 valence electrons. The molecule has 0 heterocycles. The number of aliphatic hydroxyl groups is 1. The second kappa shape index (κ2) is 10.8. The van der Waals surface area contributed by atoms with Crippen LogP contribution < -0.4 is 0 Å². The third-order valence-corrected chi connectivity index (χ3v) is 15.4. The Morgan fingerprint density at radius 2 is 1.64 bits per heavy atom. The Morgan fingerprint density at radius 1 is 0.886 bits per heavy atom. The first-order valence-electron chi connectivity index (χ1n) is 17.6. The second-order valence-corrected chi connectivity index (χ2v) is 17.5. The van der Waals surface area contributed by atoms with Gasteiger partial charge in [0.1, 0.15) is 6.10 Å². The molecule has 0 aliphatic heterocycles. The average Bonchev–Trinajstić information content (AvgIpc) is 3.36. The maximum absolute atomic E-state index is 13.0. The van der Waals surface area contributed by atoms with Crippen LogP contribution in [0.15, 0.2) is 24.3 Å². The lowest BCUT2D eigenvalue weighted by atomic mass is 9.32. The number of hydrogen-bond donors (Lipinski definition) is 3. The summed E-state index contributed by atoms with van der Waals surface area (Å²) >= 11 is 0. The molecule has 3 N–H and O–H groups in total. The molecule has 0 spiro atoms. The average molecular weight is 607 g/mol. The van der Waals surface area contributed by atoms with E-state index in [4.69, 9.17) is 4.74 Å². The van der Waals surface area contributed by atoms with Gasteiger partial charge in [0.05, 0.1) is 0 Å². The van der Waals surface area contributed by atoms with Gasteiger partial charge in [-0.25, -0.2) is 4.79 Å². The maximum atomic E-state index is 13.0. The van der Waals surface area contributed by atoms with Crippen molar-refractivity contribution in [3.63, 3.8) is 0 Å². The molecule has 4 unspecified atom stereocenters. The monoisotopic (exact) mass is 606 g/mol. The number of carbonyl (C=O) groups is 1. The number of carbonyl (C=O) groups excluding carboxylic acids is 1. The number of esters is 1. The number of rotatable bonds is 5. The molecule has 1 aromatic carbocycles. The Kier molecular flexibility index (Phi) is 7.83. The van der Waals surface area contributed by atoms with Gasteiger partial charge >= 0.3 is 5.97 Å². The van der Waals surface area contributed by atoms with E-state index in [2.05, 4.69) is 48.5 Å². The van der Waals surface area contributed by atoms with Gasteiger partial charge in [-0.05, 0) is 145 Å². The van der Waals surface area contributed by atoms with Gasteiger partial charge in [-0.2, -0.15) is 0 Å². The lowest BCUT2D eigenvalue weighted by Crippen LogP contribution is -2.67. The molecule has 0 bridgehead atoms. The van der Waals surface area contributed by atoms with Crippen LogP contribution in [0.4, 0.5) is 0 Å². The Labute approximate surface area is 265 Å². The predicted molar refractivity (Wildman–Crippen MR) is 175 cm³/mol. The van der Waals surface area contributed by atoms with E-state index in [-0.39, 0.29) is 45.2 Å². The van der Waals surface area contributed by atoms with Gasteiger partial charge in [-0.1, -0.05) is 54.5 Å². The molecule has 0 amide bonds. The number of hydrogen-bond acceptors (Lipinski definition) is 5. The second-order valence-electron chi connectivity index (χ2n) is 17.5. The summed E-state index contributed by atoms with van der Waals surface area (Å²) in [5.74, 6) is 3.19. The van der Waals surface area contributed by atoms with Gasteiger partial charge in [0.15, 0.2) is 11.5 Å². The summed E-state index contributed by atoms with van der Waals surface area (Å²) in [5, 5.41) is 30.2. The van der Waals surface area contributed by atoms with Crippen molar-refractivity contribution in [3.8, 4) is 11.5 Å². The van der Waals surface area contributed by atoms with Gasteiger partial charge in [-0.15, -0.1) is 0 Å². The van der Waals surface area contributed by atoms with Gasteiger partial charge in [0.25, 0.3) is 0 Å². The first-order valence-corrected chi connectivity index (χ1v) is 17.6. The highest BCUT2D eigenvalue weighted by molar-refractivity contribution is 5.87. The van der Waals surface area contributed by atoms with Gasteiger partial charge in [0.2, 0.25) is 0 Å². The number of benzene rings is 1. The van der Waals surface area contributed by atoms with Gasteiger partial charge < -0.3 is 20.1 Å². The van der Waals surface area contributed by atoms with Crippen LogP contribution in [0.3, 0.4) is 0 Å². The fourth-order valence-corrected chi connectivity index (χ4v) is 13.0. The van der Waals surface area contributed by atoms with Crippen LogP contribution in [0, 0.1) is 62.6 Å². The van der Waals surface area contributed by atoms with Crippen LogP contribution in [-0.4, -0.2) is 34.0 Å². The van der Waals surface area contributed by atoms with Crippen molar-refractivity contribution >= 4 is 12.0 Å². The molecule has 6 rings (SSSR count). The van der Waals surface area contributed by atoms with Crippen molar-refractivity contribution in [3.05, 3.63) is 29.8 Å². The maximum Gasteiger partial charge on any atom is 0.331 e. The fourth-order valence-electron chi connectivity index (χ4n) is 13.0. The zero-order valence-corrected chi connectivity index (χ0v) is 28.4. The first-order chi connectivity index (χ1) is 20.6. The van der Waals surface area contributed by atoms with Gasteiger partial charge in [0, 0.05) is 18.1 Å². The Morgan fingerprint density at radius 3 is 2.32 bits per heavy atom. The molecule has 1 aromatic rings. The van der Waals surface area contributed by atoms with Crippen molar-refractivity contribution in [2.45, 2.75) is 119 Å². The van der Waals surface area contributed by atoms with Crippen LogP contribution in [-0.2, 0) is 9.53 Å². The predicted octanol–water partition coefficient (Wildman–Crippen LogP) is 8.75. The summed E-state index contributed by atoms with van der Waals surface area (Å²) in [5.41, 5.74) is 1.45. The molecular formula is C39H58O5. The standard InChI is InChI=1S/C39H58O5/c1-24(2)26-14-19-39(23-40)21-20-37(6)27(34(26)39)10-12-31-36(5)17-16-32(35(3,4)30(36)15-18-38(31,37)7)44-33(43)13-9-25-8-11-28(41)29(42)22-25/h8-9,11,13,22,24,26-27,30-32,34,40-42H,10,12,14-21,23H2,1-7H3/b13-9+/t26-,27?,30?,31?,32-,34?,36-,37+,38+,39+/m0/s1. The van der Waals surface area contributed by atoms with E-state index in [9.17, 15) is 20.1 Å². The highest BCUT2D eigenvalue weighted by Gasteiger charge is 2.71. The third kappa shape index (κ3) is 4.52. The number of fused-ring (bicyclic) bond motifs is 7. The molecule has 5 fully saturated rings. The minimum Gasteiger partial charge on any atom is -0.504 e. The number of phenols is 2. The van der Waals surface area contributed by atoms with Crippen LogP contribution in [0.5, 0.6) is 11.5 Å². The summed E-state index contributed by atoms with van der Waals surface area (Å²) in [7, 11) is 0. The van der Waals surface area contributed by atoms with Crippen molar-refractivity contribution in [2.24, 2.45) is 62.6 Å². The summed E-state index contributed by atoms with van der Waals surface area (Å²) in [4.78, 5) is 13.0. The molecule has 5 aliphatic carbocycles. The van der Waals surface area contributed by atoms with Crippen molar-refractivity contribution in [1.82, 2.24) is 0 Å². The van der Waals surface area contributed by atoms with E-state index in [1.54, 1.807) is 12.1 Å². The zero-order chi connectivity index (χ0) is 31.9. The largest absolute Gasteiger partial charge is 0.504 e. The lowest BCUT2D eigenvalue weighted by Gasteiger charge is -2.73. The van der Waals surface area contributed by atoms with Crippen LogP contribution >= 0.6 is 0 Å². The van der Waals surface area contributed by atoms with Crippen molar-refractivity contribution in [2.75, 3.05) is 6.61 Å². The number of phenolic OH excluding ortho intramolecular Hbond substituents is 2. The topological polar surface area (TPSA) is 87.0 Å². The SMILES string of the molecule is CC(C)[C@@H]1CC[C@]2(CO)CC[C@]3(C)C(CCC4[C@@]5(C)CC[C@H](OC(=O)/C=C/c6ccc(O)c(O)c6)C(C)(C)C5CC[C@]43C)C12. The van der Waals surface area contributed by atoms with E-state index >= 15 is 0 Å². The van der Waals surface area contributed by atoms with E-state index in [1.165, 1.54) is 69.6 Å². The molecule has 0 aromatic heterocycles. The molecule has 0 saturated heterocycles. The number of ether oxygens (including phenoxy) is 1. The first kappa shape index (κ1) is 32.0. The minimum atomic E-state index is -0.348. The molecule has 44 heavy (non-hydrogen) atoms. The Balaban J connectivity index is 1.22. The normalized spacial score (nSPS) is 44.5. The summed E-state index contributed by atoms with van der Waals surface area (Å²) in [6.45, 7) is 17.8. The number of aromatic hydroxyl groups is 2. The summed E-state index contributed by atoms with van der Waals surface area (Å²) in [6, 6.07) is 4.52. The molecule has 5 aliphatic rings. The van der Waals surface area contributed by atoms with Crippen LogP contribution in [0.2, 0.25) is 0 Å². The lowest BCUT2D eigenvalue weighted by molar-refractivity contribution is -0.252. The molecular weight excluding hydrogens is 548 g/mol.